The van der Waals surface area contributed by atoms with Gasteiger partial charge in [0, 0.05) is 42.7 Å². The molecule has 7 atom stereocenters. The van der Waals surface area contributed by atoms with Crippen LogP contribution in [0.4, 0.5) is 0 Å². The van der Waals surface area contributed by atoms with Crippen LogP contribution in [-0.4, -0.2) is 36.4 Å². The fourth-order valence-electron chi connectivity index (χ4n) is 8.01. The van der Waals surface area contributed by atoms with Gasteiger partial charge in [0.2, 0.25) is 0 Å². The van der Waals surface area contributed by atoms with Crippen molar-refractivity contribution in [2.24, 2.45) is 34.5 Å². The molecular weight excluding hydrogens is 793 g/mol. The van der Waals surface area contributed by atoms with Gasteiger partial charge in [-0.05, 0) is 85.8 Å². The summed E-state index contributed by atoms with van der Waals surface area (Å²) in [6.45, 7) is 9.56. The molecule has 0 amide bonds. The summed E-state index contributed by atoms with van der Waals surface area (Å²) in [4.78, 5) is 37.6. The number of carbonyl (C=O) groups is 3. The van der Waals surface area contributed by atoms with Gasteiger partial charge in [-0.25, -0.2) is 0 Å². The molecule has 0 aliphatic heterocycles. The van der Waals surface area contributed by atoms with Gasteiger partial charge in [0.15, 0.2) is 11.6 Å². The predicted octanol–water partition coefficient (Wildman–Crippen LogP) is 9.68. The summed E-state index contributed by atoms with van der Waals surface area (Å²) in [6.07, 6.45) is 4.41. The summed E-state index contributed by atoms with van der Waals surface area (Å²) >= 11 is 5.54. The second-order valence-corrected chi connectivity index (χ2v) is 20.1. The number of benzene rings is 2. The van der Waals surface area contributed by atoms with Crippen molar-refractivity contribution in [3.05, 3.63) is 67.6 Å². The Hall–Kier alpha value is -0.176. The van der Waals surface area contributed by atoms with Gasteiger partial charge in [0.1, 0.15) is 5.78 Å². The van der Waals surface area contributed by atoms with E-state index in [1.807, 2.05) is 44.2 Å². The molecule has 2 saturated carbocycles. The summed E-state index contributed by atoms with van der Waals surface area (Å²) in [5.41, 5.74) is 3.45. The quantitative estimate of drug-likeness (QED) is 0.269. The molecule has 2 radical (unpaired) electrons. The Labute approximate surface area is 297 Å². The molecule has 44 heavy (non-hydrogen) atoms. The molecule has 2 fully saturated rings. The van der Waals surface area contributed by atoms with Crippen molar-refractivity contribution >= 4 is 87.3 Å². The topological polar surface area (TPSA) is 71.4 Å². The maximum absolute atomic E-state index is 12.8. The van der Waals surface area contributed by atoms with Crippen LogP contribution < -0.4 is 0 Å². The average molecular weight is 832 g/mol. The number of aliphatic hydroxyl groups is 1. The van der Waals surface area contributed by atoms with Gasteiger partial charge in [0.25, 0.3) is 0 Å². The number of hydrogen-bond donors (Lipinski definition) is 1. The summed E-state index contributed by atoms with van der Waals surface area (Å²) < 4.78 is 1.92. The molecule has 11 heteroatoms. The van der Waals surface area contributed by atoms with Gasteiger partial charge in [0.05, 0.1) is 14.0 Å². The Bertz CT molecular complexity index is 1360. The normalized spacial score (nSPS) is 32.0. The van der Waals surface area contributed by atoms with E-state index in [0.717, 1.165) is 51.3 Å². The zero-order valence-corrected chi connectivity index (χ0v) is 32.1. The van der Waals surface area contributed by atoms with Gasteiger partial charge >= 0.3 is 41.5 Å². The Kier molecular flexibility index (Phi) is 13.8. The van der Waals surface area contributed by atoms with E-state index in [1.54, 1.807) is 0 Å². The van der Waals surface area contributed by atoms with Crippen LogP contribution in [-0.2, 0) is 28.8 Å². The van der Waals surface area contributed by atoms with Crippen LogP contribution in [0.25, 0.3) is 0 Å². The molecule has 2 aromatic rings. The molecule has 2 spiro atoms. The molecule has 2 aromatic carbocycles. The van der Waals surface area contributed by atoms with E-state index in [0.29, 0.717) is 18.6 Å². The number of carbonyl (C=O) groups excluding carboxylic acids is 3. The van der Waals surface area contributed by atoms with Crippen molar-refractivity contribution in [1.29, 1.82) is 0 Å². The second kappa shape index (κ2) is 15.8. The minimum absolute atomic E-state index is 0.00505. The first-order valence-electron chi connectivity index (χ1n) is 14.7. The predicted molar refractivity (Wildman–Crippen MR) is 185 cm³/mol. The first-order chi connectivity index (χ1) is 20.6. The summed E-state index contributed by atoms with van der Waals surface area (Å²) in [6, 6.07) is 12.0. The van der Waals surface area contributed by atoms with Crippen molar-refractivity contribution in [3.63, 3.8) is 0 Å². The minimum atomic E-state index is -1.33. The number of Topliss-reactive ketones (excluding diaryl/α,β-unsaturated/α-hetero) is 3. The van der Waals surface area contributed by atoms with Crippen molar-refractivity contribution in [1.82, 2.24) is 0 Å². The number of aliphatic hydroxyl groups excluding tert-OH is 1. The van der Waals surface area contributed by atoms with Gasteiger partial charge in [-0.15, -0.1) is 0 Å². The van der Waals surface area contributed by atoms with E-state index in [9.17, 15) is 19.5 Å². The van der Waals surface area contributed by atoms with E-state index in [1.165, 1.54) is 12.4 Å². The van der Waals surface area contributed by atoms with E-state index in [2.05, 4.69) is 59.6 Å². The van der Waals surface area contributed by atoms with E-state index in [4.69, 9.17) is 30.3 Å². The summed E-state index contributed by atoms with van der Waals surface area (Å²) in [5, 5.41) is 10.1. The van der Waals surface area contributed by atoms with Crippen LogP contribution in [0.1, 0.15) is 85.2 Å². The second-order valence-electron chi connectivity index (χ2n) is 12.8. The third kappa shape index (κ3) is 8.27. The van der Waals surface area contributed by atoms with Crippen LogP contribution in [0.3, 0.4) is 0 Å². The van der Waals surface area contributed by atoms with E-state index >= 15 is 0 Å². The molecule has 0 heterocycles. The van der Waals surface area contributed by atoms with Crippen LogP contribution in [0.5, 0.6) is 0 Å². The molecular formula is C33H39BBr2Cl3FeO4. The van der Waals surface area contributed by atoms with Gasteiger partial charge in [-0.3, -0.25) is 14.4 Å². The van der Waals surface area contributed by atoms with E-state index < -0.39 is 11.2 Å². The molecule has 0 bridgehead atoms. The molecule has 241 valence electrons. The van der Waals surface area contributed by atoms with Crippen molar-refractivity contribution in [2.45, 2.75) is 79.1 Å². The zero-order chi connectivity index (χ0) is 33.1. The van der Waals surface area contributed by atoms with Crippen LogP contribution in [0.2, 0.25) is 6.82 Å². The fraction of sp³-hybridized carbons (Fsp3) is 0.545. The molecule has 0 aromatic heterocycles. The number of fused-ring (bicyclic) bond motifs is 2. The van der Waals surface area contributed by atoms with Gasteiger partial charge < -0.3 is 5.11 Å². The number of hydrogen-bond acceptors (Lipinski definition) is 4. The summed E-state index contributed by atoms with van der Waals surface area (Å²) in [7, 11) is 19.2. The Morgan fingerprint density at radius 1 is 0.727 bits per heavy atom. The van der Waals surface area contributed by atoms with Crippen molar-refractivity contribution < 1.29 is 30.7 Å². The number of ketones is 3. The standard InChI is InChI=1S/C16H19BrO2.C16H17BrO2.CH3B.3ClH.Fe/c2*1-9-6-16(7-10(2)14(9)18)8-11-3-4-12(17)5-13(11)15(16)19;1-2;;;;/h3-5,9-10,14,18H,6-8H2,1-2H3;3-5,9-10H,6-8H2,1-2H3;1H3;3*1H;/q;;;;;;+3/p-3/t9-,10+,14?,16?;9-,10+,16?;;;;;. The molecule has 6 rings (SSSR count). The van der Waals surface area contributed by atoms with Crippen LogP contribution in [0, 0.1) is 34.5 Å². The Balaban J connectivity index is 0.000000205. The number of halogens is 5. The molecule has 4 aliphatic rings. The van der Waals surface area contributed by atoms with Crippen LogP contribution >= 0.6 is 62.2 Å². The van der Waals surface area contributed by atoms with Crippen molar-refractivity contribution in [2.75, 3.05) is 0 Å². The summed E-state index contributed by atoms with van der Waals surface area (Å²) in [5.74, 6) is 1.26. The first-order valence-corrected chi connectivity index (χ1v) is 20.9. The van der Waals surface area contributed by atoms with Gasteiger partial charge in [-0.2, -0.15) is 0 Å². The number of rotatable bonds is 0. The molecule has 0 saturated heterocycles. The maximum atomic E-state index is 12.8. The van der Waals surface area contributed by atoms with E-state index in [-0.39, 0.29) is 52.2 Å². The zero-order valence-electron chi connectivity index (χ0n) is 25.6. The first kappa shape index (κ1) is 38.3. The van der Waals surface area contributed by atoms with Gasteiger partial charge in [-0.1, -0.05) is 78.5 Å². The van der Waals surface area contributed by atoms with Crippen molar-refractivity contribution in [3.8, 4) is 0 Å². The third-order valence-electron chi connectivity index (χ3n) is 9.61. The third-order valence-corrected chi connectivity index (χ3v) is 10.6. The Morgan fingerprint density at radius 3 is 1.43 bits per heavy atom. The molecule has 4 nitrogen and oxygen atoms in total. The molecule has 1 N–H and O–H groups in total. The molecule has 4 aliphatic carbocycles. The fourth-order valence-corrected chi connectivity index (χ4v) is 8.73. The van der Waals surface area contributed by atoms with Crippen LogP contribution in [0.15, 0.2) is 45.3 Å². The SMILES string of the molecule is C[C@@H]1CC2(Cc3ccc(Br)cc3C2=O)C[C@H](C)C1=O.C[C@@H]1CC2(Cc3ccc(Br)cc3C2=O)C[C@H](C)C1O.[B]C.[Cl][Fe]([Cl])[Cl]. The monoisotopic (exact) mass is 829 g/mol. The Morgan fingerprint density at radius 2 is 1.07 bits per heavy atom. The average Bonchev–Trinajstić information content (AvgIpc) is 3.36. The molecule has 3 unspecified atom stereocenters.